The van der Waals surface area contributed by atoms with Crippen LogP contribution in [0, 0.1) is 0 Å². The van der Waals surface area contributed by atoms with Gasteiger partial charge in [-0.1, -0.05) is 23.7 Å². The zero-order valence-electron chi connectivity index (χ0n) is 14.2. The number of methoxy groups -OCH3 is 1. The molecule has 0 radical (unpaired) electrons. The standard InChI is InChI=1S/C19H22ClN3OS/c1-24-18-8-2-15(3-9-18)14-22-10-12-23(13-11-22)19(25)21-17-6-4-16(20)5-7-17/h2-9H,10-14H2,1H3,(H,21,25). The maximum absolute atomic E-state index is 5.91. The summed E-state index contributed by atoms with van der Waals surface area (Å²) >= 11 is 11.4. The zero-order chi connectivity index (χ0) is 17.6. The second kappa shape index (κ2) is 8.52. The number of benzene rings is 2. The Kier molecular flexibility index (Phi) is 6.13. The van der Waals surface area contributed by atoms with Crippen molar-refractivity contribution in [1.29, 1.82) is 0 Å². The predicted octanol–water partition coefficient (Wildman–Crippen LogP) is 3.86. The van der Waals surface area contributed by atoms with Gasteiger partial charge < -0.3 is 15.0 Å². The average Bonchev–Trinajstić information content (AvgIpc) is 2.65. The highest BCUT2D eigenvalue weighted by atomic mass is 35.5. The Morgan fingerprint density at radius 3 is 2.28 bits per heavy atom. The van der Waals surface area contributed by atoms with Crippen LogP contribution in [0.2, 0.25) is 5.02 Å². The predicted molar refractivity (Wildman–Crippen MR) is 108 cm³/mol. The van der Waals surface area contributed by atoms with Crippen molar-refractivity contribution in [1.82, 2.24) is 9.80 Å². The van der Waals surface area contributed by atoms with Crippen molar-refractivity contribution in [3.8, 4) is 5.75 Å². The van der Waals surface area contributed by atoms with Gasteiger partial charge in [-0.25, -0.2) is 0 Å². The first-order chi connectivity index (χ1) is 12.1. The summed E-state index contributed by atoms with van der Waals surface area (Å²) in [7, 11) is 1.69. The van der Waals surface area contributed by atoms with Crippen LogP contribution in [0.25, 0.3) is 0 Å². The van der Waals surface area contributed by atoms with E-state index in [1.54, 1.807) is 7.11 Å². The molecular formula is C19H22ClN3OS. The summed E-state index contributed by atoms with van der Waals surface area (Å²) in [6.07, 6.45) is 0. The summed E-state index contributed by atoms with van der Waals surface area (Å²) in [5.41, 5.74) is 2.27. The van der Waals surface area contributed by atoms with Gasteiger partial charge in [0.05, 0.1) is 7.11 Å². The van der Waals surface area contributed by atoms with Crippen LogP contribution in [0.15, 0.2) is 48.5 Å². The number of ether oxygens (including phenoxy) is 1. The van der Waals surface area contributed by atoms with Crippen LogP contribution in [0.1, 0.15) is 5.56 Å². The molecule has 1 aliphatic heterocycles. The van der Waals surface area contributed by atoms with Gasteiger partial charge in [0.25, 0.3) is 0 Å². The van der Waals surface area contributed by atoms with Gasteiger partial charge in [0, 0.05) is 43.4 Å². The van der Waals surface area contributed by atoms with E-state index in [1.807, 2.05) is 36.4 Å². The molecule has 0 amide bonds. The van der Waals surface area contributed by atoms with Gasteiger partial charge >= 0.3 is 0 Å². The van der Waals surface area contributed by atoms with Crippen LogP contribution in [0.3, 0.4) is 0 Å². The third-order valence-corrected chi connectivity index (χ3v) is 4.93. The number of rotatable bonds is 4. The van der Waals surface area contributed by atoms with E-state index in [4.69, 9.17) is 28.6 Å². The fourth-order valence-corrected chi connectivity index (χ4v) is 3.26. The van der Waals surface area contributed by atoms with Gasteiger partial charge in [-0.05, 0) is 54.2 Å². The molecule has 2 aromatic carbocycles. The number of anilines is 1. The Labute approximate surface area is 159 Å². The molecule has 0 unspecified atom stereocenters. The topological polar surface area (TPSA) is 27.7 Å². The lowest BCUT2D eigenvalue weighted by atomic mass is 10.2. The van der Waals surface area contributed by atoms with Crippen molar-refractivity contribution in [2.24, 2.45) is 0 Å². The van der Waals surface area contributed by atoms with Crippen LogP contribution in [-0.2, 0) is 6.54 Å². The average molecular weight is 376 g/mol. The van der Waals surface area contributed by atoms with Crippen LogP contribution in [-0.4, -0.2) is 48.2 Å². The van der Waals surface area contributed by atoms with E-state index in [2.05, 4.69) is 27.2 Å². The zero-order valence-corrected chi connectivity index (χ0v) is 15.8. The van der Waals surface area contributed by atoms with Crippen LogP contribution in [0.4, 0.5) is 5.69 Å². The molecule has 4 nitrogen and oxygen atoms in total. The summed E-state index contributed by atoms with van der Waals surface area (Å²) < 4.78 is 5.21. The number of thiocarbonyl (C=S) groups is 1. The first-order valence-corrected chi connectivity index (χ1v) is 9.09. The normalized spacial score (nSPS) is 15.0. The highest BCUT2D eigenvalue weighted by molar-refractivity contribution is 7.80. The Morgan fingerprint density at radius 1 is 1.04 bits per heavy atom. The molecule has 132 valence electrons. The molecule has 0 bridgehead atoms. The Hall–Kier alpha value is -1.82. The quantitative estimate of drug-likeness (QED) is 0.819. The van der Waals surface area contributed by atoms with E-state index in [9.17, 15) is 0 Å². The van der Waals surface area contributed by atoms with Gasteiger partial charge in [-0.3, -0.25) is 4.90 Å². The summed E-state index contributed by atoms with van der Waals surface area (Å²) in [6, 6.07) is 15.9. The molecule has 1 N–H and O–H groups in total. The Balaban J connectivity index is 1.47. The summed E-state index contributed by atoms with van der Waals surface area (Å²) in [4.78, 5) is 4.66. The molecule has 0 aromatic heterocycles. The van der Waals surface area contributed by atoms with Gasteiger partial charge in [-0.2, -0.15) is 0 Å². The summed E-state index contributed by atoms with van der Waals surface area (Å²) in [5, 5.41) is 4.78. The lowest BCUT2D eigenvalue weighted by Crippen LogP contribution is -2.49. The van der Waals surface area contributed by atoms with Crippen LogP contribution in [0.5, 0.6) is 5.75 Å². The van der Waals surface area contributed by atoms with Crippen molar-refractivity contribution in [3.05, 3.63) is 59.1 Å². The Morgan fingerprint density at radius 2 is 1.68 bits per heavy atom. The van der Waals surface area contributed by atoms with Gasteiger partial charge in [-0.15, -0.1) is 0 Å². The molecule has 6 heteroatoms. The minimum absolute atomic E-state index is 0.726. The SMILES string of the molecule is COc1ccc(CN2CCN(C(=S)Nc3ccc(Cl)cc3)CC2)cc1. The van der Waals surface area contributed by atoms with Crippen LogP contribution < -0.4 is 10.1 Å². The fourth-order valence-electron chi connectivity index (χ4n) is 2.83. The van der Waals surface area contributed by atoms with Gasteiger partial charge in [0.2, 0.25) is 0 Å². The lowest BCUT2D eigenvalue weighted by Gasteiger charge is -2.36. The maximum atomic E-state index is 5.91. The molecule has 25 heavy (non-hydrogen) atoms. The van der Waals surface area contributed by atoms with E-state index in [0.29, 0.717) is 0 Å². The second-order valence-corrected chi connectivity index (χ2v) is 6.87. The first kappa shape index (κ1) is 18.0. The summed E-state index contributed by atoms with van der Waals surface area (Å²) in [6.45, 7) is 4.79. The van der Waals surface area contributed by atoms with Crippen LogP contribution >= 0.6 is 23.8 Å². The third-order valence-electron chi connectivity index (χ3n) is 4.32. The molecule has 1 aliphatic rings. The highest BCUT2D eigenvalue weighted by Crippen LogP contribution is 2.16. The van der Waals surface area contributed by atoms with Gasteiger partial charge in [0.1, 0.15) is 5.75 Å². The molecule has 0 aliphatic carbocycles. The molecule has 1 heterocycles. The molecule has 0 atom stereocenters. The number of nitrogens with zero attached hydrogens (tertiary/aromatic N) is 2. The van der Waals surface area contributed by atoms with E-state index in [-0.39, 0.29) is 0 Å². The minimum Gasteiger partial charge on any atom is -0.497 e. The number of nitrogens with one attached hydrogen (secondary N) is 1. The van der Waals surface area contributed by atoms with Crippen molar-refractivity contribution < 1.29 is 4.74 Å². The summed E-state index contributed by atoms with van der Waals surface area (Å²) in [5.74, 6) is 0.896. The highest BCUT2D eigenvalue weighted by Gasteiger charge is 2.19. The smallest absolute Gasteiger partial charge is 0.173 e. The van der Waals surface area contributed by atoms with Crippen molar-refractivity contribution in [2.75, 3.05) is 38.6 Å². The first-order valence-electron chi connectivity index (χ1n) is 8.31. The largest absolute Gasteiger partial charge is 0.497 e. The number of halogens is 1. The van der Waals surface area contributed by atoms with Crippen molar-refractivity contribution in [3.63, 3.8) is 0 Å². The molecular weight excluding hydrogens is 354 g/mol. The molecule has 0 spiro atoms. The van der Waals surface area contributed by atoms with Gasteiger partial charge in [0.15, 0.2) is 5.11 Å². The molecule has 1 fully saturated rings. The number of piperazine rings is 1. The lowest BCUT2D eigenvalue weighted by molar-refractivity contribution is 0.177. The second-order valence-electron chi connectivity index (χ2n) is 6.05. The molecule has 1 saturated heterocycles. The third kappa shape index (κ3) is 5.08. The van der Waals surface area contributed by atoms with E-state index < -0.39 is 0 Å². The monoisotopic (exact) mass is 375 g/mol. The van der Waals surface area contributed by atoms with Crippen molar-refractivity contribution >= 4 is 34.6 Å². The molecule has 0 saturated carbocycles. The Bertz CT molecular complexity index is 698. The maximum Gasteiger partial charge on any atom is 0.173 e. The fraction of sp³-hybridized carbons (Fsp3) is 0.316. The van der Waals surface area contributed by atoms with Crippen molar-refractivity contribution in [2.45, 2.75) is 6.54 Å². The van der Waals surface area contributed by atoms with E-state index >= 15 is 0 Å². The van der Waals surface area contributed by atoms with E-state index in [1.165, 1.54) is 5.56 Å². The molecule has 2 aromatic rings. The number of hydrogen-bond donors (Lipinski definition) is 1. The number of hydrogen-bond acceptors (Lipinski definition) is 3. The minimum atomic E-state index is 0.726. The molecule has 3 rings (SSSR count). The van der Waals surface area contributed by atoms with E-state index in [0.717, 1.165) is 54.3 Å².